The van der Waals surface area contributed by atoms with Crippen LogP contribution in [0.25, 0.3) is 0 Å². The van der Waals surface area contributed by atoms with E-state index in [1.807, 2.05) is 33.2 Å². The van der Waals surface area contributed by atoms with Gasteiger partial charge in [0, 0.05) is 25.5 Å². The van der Waals surface area contributed by atoms with Crippen molar-refractivity contribution in [3.8, 4) is 0 Å². The topological polar surface area (TPSA) is 29.3 Å². The van der Waals surface area contributed by atoms with Gasteiger partial charge in [-0.2, -0.15) is 0 Å². The maximum absolute atomic E-state index is 5.73. The Hall–Kier alpha value is -1.18. The molecule has 11 heavy (non-hydrogen) atoms. The number of nitrogens with two attached hydrogens (primary N) is 1. The van der Waals surface area contributed by atoms with Crippen LogP contribution in [0.4, 0.5) is 11.4 Å². The Bertz CT molecular complexity index is 254. The monoisotopic (exact) mass is 150 g/mol. The molecule has 0 aromatic heterocycles. The first-order valence-corrected chi connectivity index (χ1v) is 3.65. The van der Waals surface area contributed by atoms with Gasteiger partial charge in [-0.15, -0.1) is 0 Å². The molecule has 0 atom stereocenters. The normalized spacial score (nSPS) is 9.73. The molecule has 0 heterocycles. The third kappa shape index (κ3) is 1.45. The number of hydrogen-bond acceptors (Lipinski definition) is 2. The SMILES string of the molecule is Cc1c(N)cccc1N(C)C. The summed E-state index contributed by atoms with van der Waals surface area (Å²) in [4.78, 5) is 2.06. The highest BCUT2D eigenvalue weighted by Crippen LogP contribution is 2.22. The van der Waals surface area contributed by atoms with E-state index < -0.39 is 0 Å². The summed E-state index contributed by atoms with van der Waals surface area (Å²) in [5.74, 6) is 0. The molecule has 0 bridgehead atoms. The Morgan fingerprint density at radius 2 is 1.91 bits per heavy atom. The van der Waals surface area contributed by atoms with Crippen molar-refractivity contribution < 1.29 is 0 Å². The van der Waals surface area contributed by atoms with Crippen molar-refractivity contribution in [2.45, 2.75) is 6.92 Å². The van der Waals surface area contributed by atoms with E-state index in [9.17, 15) is 0 Å². The van der Waals surface area contributed by atoms with Crippen LogP contribution >= 0.6 is 0 Å². The van der Waals surface area contributed by atoms with Crippen LogP contribution in [0, 0.1) is 6.92 Å². The Kier molecular flexibility index (Phi) is 2.03. The first kappa shape index (κ1) is 7.92. The van der Waals surface area contributed by atoms with E-state index in [2.05, 4.69) is 11.0 Å². The molecule has 0 aliphatic heterocycles. The van der Waals surface area contributed by atoms with Crippen molar-refractivity contribution in [1.29, 1.82) is 0 Å². The fourth-order valence-electron chi connectivity index (χ4n) is 1.13. The lowest BCUT2D eigenvalue weighted by Gasteiger charge is -2.16. The van der Waals surface area contributed by atoms with Gasteiger partial charge in [-0.3, -0.25) is 0 Å². The van der Waals surface area contributed by atoms with Crippen molar-refractivity contribution in [1.82, 2.24) is 0 Å². The highest BCUT2D eigenvalue weighted by molar-refractivity contribution is 5.63. The summed E-state index contributed by atoms with van der Waals surface area (Å²) < 4.78 is 0. The van der Waals surface area contributed by atoms with E-state index in [0.29, 0.717) is 0 Å². The summed E-state index contributed by atoms with van der Waals surface area (Å²) in [7, 11) is 4.03. The third-order valence-electron chi connectivity index (χ3n) is 1.83. The minimum absolute atomic E-state index is 0.858. The molecule has 0 radical (unpaired) electrons. The van der Waals surface area contributed by atoms with Crippen LogP contribution in [0.2, 0.25) is 0 Å². The second-order valence-corrected chi connectivity index (χ2v) is 2.89. The highest BCUT2D eigenvalue weighted by atomic mass is 15.1. The number of hydrogen-bond donors (Lipinski definition) is 1. The van der Waals surface area contributed by atoms with Crippen LogP contribution in [-0.2, 0) is 0 Å². The van der Waals surface area contributed by atoms with Crippen molar-refractivity contribution in [3.63, 3.8) is 0 Å². The largest absolute Gasteiger partial charge is 0.398 e. The van der Waals surface area contributed by atoms with E-state index in [1.165, 1.54) is 5.69 Å². The standard InChI is InChI=1S/C9H14N2/c1-7-8(10)5-4-6-9(7)11(2)3/h4-6H,10H2,1-3H3. The molecule has 0 amide bonds. The van der Waals surface area contributed by atoms with Crippen molar-refractivity contribution >= 4 is 11.4 Å². The minimum atomic E-state index is 0.858. The lowest BCUT2D eigenvalue weighted by molar-refractivity contribution is 1.12. The minimum Gasteiger partial charge on any atom is -0.398 e. The van der Waals surface area contributed by atoms with E-state index in [-0.39, 0.29) is 0 Å². The predicted molar refractivity (Wildman–Crippen MR) is 49.9 cm³/mol. The molecule has 0 unspecified atom stereocenters. The Morgan fingerprint density at radius 3 is 2.36 bits per heavy atom. The molecule has 1 rings (SSSR count). The highest BCUT2D eigenvalue weighted by Gasteiger charge is 2.00. The van der Waals surface area contributed by atoms with Crippen LogP contribution in [0.5, 0.6) is 0 Å². The van der Waals surface area contributed by atoms with Gasteiger partial charge < -0.3 is 10.6 Å². The van der Waals surface area contributed by atoms with Crippen LogP contribution in [0.1, 0.15) is 5.56 Å². The van der Waals surface area contributed by atoms with Gasteiger partial charge in [0.15, 0.2) is 0 Å². The van der Waals surface area contributed by atoms with E-state index in [4.69, 9.17) is 5.73 Å². The molecule has 60 valence electrons. The average Bonchev–Trinajstić information content (AvgIpc) is 1.94. The number of benzene rings is 1. The molecule has 2 heteroatoms. The fraction of sp³-hybridized carbons (Fsp3) is 0.333. The van der Waals surface area contributed by atoms with Gasteiger partial charge in [-0.1, -0.05) is 6.07 Å². The number of anilines is 2. The zero-order valence-electron chi connectivity index (χ0n) is 7.26. The maximum atomic E-state index is 5.73. The van der Waals surface area contributed by atoms with Gasteiger partial charge in [0.2, 0.25) is 0 Å². The van der Waals surface area contributed by atoms with Crippen molar-refractivity contribution in [2.75, 3.05) is 24.7 Å². The molecule has 0 saturated heterocycles. The van der Waals surface area contributed by atoms with Gasteiger partial charge in [-0.25, -0.2) is 0 Å². The summed E-state index contributed by atoms with van der Waals surface area (Å²) in [6.07, 6.45) is 0. The quantitative estimate of drug-likeness (QED) is 0.617. The third-order valence-corrected chi connectivity index (χ3v) is 1.83. The van der Waals surface area contributed by atoms with Crippen LogP contribution in [0.15, 0.2) is 18.2 Å². The van der Waals surface area contributed by atoms with E-state index in [1.54, 1.807) is 0 Å². The summed E-state index contributed by atoms with van der Waals surface area (Å²) in [6.45, 7) is 2.03. The second-order valence-electron chi connectivity index (χ2n) is 2.89. The second kappa shape index (κ2) is 2.82. The summed E-state index contributed by atoms with van der Waals surface area (Å²) in [6, 6.07) is 5.95. The zero-order chi connectivity index (χ0) is 8.43. The van der Waals surface area contributed by atoms with E-state index >= 15 is 0 Å². The molecule has 0 saturated carbocycles. The molecule has 2 N–H and O–H groups in total. The lowest BCUT2D eigenvalue weighted by atomic mass is 10.1. The summed E-state index contributed by atoms with van der Waals surface area (Å²) in [5.41, 5.74) is 8.93. The van der Waals surface area contributed by atoms with Gasteiger partial charge in [0.25, 0.3) is 0 Å². The van der Waals surface area contributed by atoms with E-state index in [0.717, 1.165) is 11.3 Å². The Labute approximate surface area is 67.6 Å². The summed E-state index contributed by atoms with van der Waals surface area (Å²) in [5, 5.41) is 0. The van der Waals surface area contributed by atoms with Crippen molar-refractivity contribution in [3.05, 3.63) is 23.8 Å². The Balaban J connectivity index is 3.17. The molecule has 0 aliphatic rings. The number of nitrogen functional groups attached to an aromatic ring is 1. The molecule has 0 aliphatic carbocycles. The molecule has 0 fully saturated rings. The van der Waals surface area contributed by atoms with Crippen molar-refractivity contribution in [2.24, 2.45) is 0 Å². The van der Waals surface area contributed by atoms with Gasteiger partial charge in [-0.05, 0) is 24.6 Å². The number of rotatable bonds is 1. The molecule has 0 spiro atoms. The van der Waals surface area contributed by atoms with Crippen LogP contribution in [0.3, 0.4) is 0 Å². The number of nitrogens with zero attached hydrogens (tertiary/aromatic N) is 1. The lowest BCUT2D eigenvalue weighted by Crippen LogP contribution is -2.10. The van der Waals surface area contributed by atoms with Crippen LogP contribution < -0.4 is 10.6 Å². The summed E-state index contributed by atoms with van der Waals surface area (Å²) >= 11 is 0. The first-order valence-electron chi connectivity index (χ1n) is 3.65. The Morgan fingerprint density at radius 1 is 1.27 bits per heavy atom. The van der Waals surface area contributed by atoms with Crippen LogP contribution in [-0.4, -0.2) is 14.1 Å². The van der Waals surface area contributed by atoms with Gasteiger partial charge >= 0.3 is 0 Å². The molecular weight excluding hydrogens is 136 g/mol. The molecule has 2 nitrogen and oxygen atoms in total. The average molecular weight is 150 g/mol. The molecule has 1 aromatic rings. The maximum Gasteiger partial charge on any atom is 0.0411 e. The zero-order valence-corrected chi connectivity index (χ0v) is 7.26. The molecule has 1 aromatic carbocycles. The van der Waals surface area contributed by atoms with Gasteiger partial charge in [0.05, 0.1) is 0 Å². The molecular formula is C9H14N2. The van der Waals surface area contributed by atoms with Gasteiger partial charge in [0.1, 0.15) is 0 Å². The predicted octanol–water partition coefficient (Wildman–Crippen LogP) is 1.64. The fourth-order valence-corrected chi connectivity index (χ4v) is 1.13. The first-order chi connectivity index (χ1) is 5.13. The smallest absolute Gasteiger partial charge is 0.0411 e.